The number of benzene rings is 1. The molecule has 0 aromatic heterocycles. The molecular formula is C12H18FNO3S. The number of unbranched alkanes of at least 4 members (excludes halogenated alkanes) is 3. The minimum atomic E-state index is -3.59. The first-order valence-electron chi connectivity index (χ1n) is 5.86. The van der Waals surface area contributed by atoms with E-state index in [1.165, 1.54) is 12.1 Å². The van der Waals surface area contributed by atoms with E-state index in [1.807, 2.05) is 0 Å². The predicted molar refractivity (Wildman–Crippen MR) is 68.4 cm³/mol. The van der Waals surface area contributed by atoms with Gasteiger partial charge in [-0.3, -0.25) is 0 Å². The average molecular weight is 275 g/mol. The Hall–Kier alpha value is -1.14. The van der Waals surface area contributed by atoms with E-state index in [-0.39, 0.29) is 22.9 Å². The summed E-state index contributed by atoms with van der Waals surface area (Å²) >= 11 is 0. The van der Waals surface area contributed by atoms with Crippen molar-refractivity contribution >= 4 is 15.5 Å². The number of rotatable bonds is 7. The smallest absolute Gasteiger partial charge is 0.181 e. The van der Waals surface area contributed by atoms with Crippen LogP contribution in [0.3, 0.4) is 0 Å². The molecule has 4 nitrogen and oxygen atoms in total. The molecule has 0 aliphatic heterocycles. The van der Waals surface area contributed by atoms with Gasteiger partial charge in [0.05, 0.1) is 5.75 Å². The van der Waals surface area contributed by atoms with Gasteiger partial charge in [-0.1, -0.05) is 12.8 Å². The highest BCUT2D eigenvalue weighted by Crippen LogP contribution is 2.19. The Bertz CT molecular complexity index is 488. The fraction of sp³-hybridized carbons (Fsp3) is 0.500. The number of anilines is 1. The van der Waals surface area contributed by atoms with Crippen molar-refractivity contribution in [2.75, 3.05) is 18.1 Å². The van der Waals surface area contributed by atoms with Crippen LogP contribution in [0, 0.1) is 5.82 Å². The molecule has 1 aromatic rings. The lowest BCUT2D eigenvalue weighted by Gasteiger charge is -2.06. The topological polar surface area (TPSA) is 80.4 Å². The first-order valence-corrected chi connectivity index (χ1v) is 7.51. The highest BCUT2D eigenvalue weighted by atomic mass is 32.2. The first kappa shape index (κ1) is 14.9. The molecule has 0 saturated heterocycles. The van der Waals surface area contributed by atoms with Gasteiger partial charge >= 0.3 is 0 Å². The van der Waals surface area contributed by atoms with Crippen molar-refractivity contribution in [3.05, 3.63) is 24.0 Å². The van der Waals surface area contributed by atoms with Crippen molar-refractivity contribution in [1.29, 1.82) is 0 Å². The summed E-state index contributed by atoms with van der Waals surface area (Å²) < 4.78 is 37.2. The molecule has 0 bridgehead atoms. The van der Waals surface area contributed by atoms with Gasteiger partial charge in [-0.15, -0.1) is 0 Å². The van der Waals surface area contributed by atoms with Crippen LogP contribution in [-0.4, -0.2) is 25.9 Å². The molecular weight excluding hydrogens is 257 g/mol. The summed E-state index contributed by atoms with van der Waals surface area (Å²) in [5.74, 6) is -0.885. The molecule has 6 heteroatoms. The summed E-state index contributed by atoms with van der Waals surface area (Å²) in [4.78, 5) is -0.293. The van der Waals surface area contributed by atoms with Gasteiger partial charge < -0.3 is 10.8 Å². The van der Waals surface area contributed by atoms with E-state index in [0.717, 1.165) is 12.5 Å². The van der Waals surface area contributed by atoms with E-state index in [1.54, 1.807) is 0 Å². The molecule has 0 radical (unpaired) electrons. The maximum atomic E-state index is 13.5. The molecule has 0 atom stereocenters. The van der Waals surface area contributed by atoms with Crippen molar-refractivity contribution in [3.63, 3.8) is 0 Å². The number of sulfone groups is 1. The predicted octanol–water partition coefficient (Wildman–Crippen LogP) is 1.73. The van der Waals surface area contributed by atoms with Gasteiger partial charge in [-0.05, 0) is 31.0 Å². The van der Waals surface area contributed by atoms with Crippen LogP contribution in [0.2, 0.25) is 0 Å². The molecule has 0 amide bonds. The number of nitrogens with two attached hydrogens (primary N) is 1. The highest BCUT2D eigenvalue weighted by Gasteiger charge is 2.18. The Morgan fingerprint density at radius 1 is 1.17 bits per heavy atom. The molecule has 0 aliphatic carbocycles. The van der Waals surface area contributed by atoms with E-state index in [0.29, 0.717) is 19.3 Å². The third-order valence-corrected chi connectivity index (χ3v) is 4.44. The van der Waals surface area contributed by atoms with Gasteiger partial charge in [0.2, 0.25) is 0 Å². The van der Waals surface area contributed by atoms with Gasteiger partial charge in [-0.2, -0.15) is 0 Å². The van der Waals surface area contributed by atoms with Gasteiger partial charge in [0.1, 0.15) is 10.7 Å². The number of aliphatic hydroxyl groups is 1. The van der Waals surface area contributed by atoms with E-state index < -0.39 is 15.7 Å². The van der Waals surface area contributed by atoms with Crippen LogP contribution in [0.4, 0.5) is 10.1 Å². The van der Waals surface area contributed by atoms with E-state index in [2.05, 4.69) is 0 Å². The lowest BCUT2D eigenvalue weighted by atomic mass is 10.2. The minimum absolute atomic E-state index is 0.0841. The van der Waals surface area contributed by atoms with Crippen LogP contribution in [0.25, 0.3) is 0 Å². The zero-order valence-corrected chi connectivity index (χ0v) is 10.9. The van der Waals surface area contributed by atoms with Crippen LogP contribution in [0.15, 0.2) is 23.1 Å². The molecule has 0 saturated carbocycles. The third kappa shape index (κ3) is 4.27. The Labute approximate surface area is 107 Å². The average Bonchev–Trinajstić information content (AvgIpc) is 2.28. The number of hydrogen-bond donors (Lipinski definition) is 2. The van der Waals surface area contributed by atoms with Crippen LogP contribution >= 0.6 is 0 Å². The molecule has 0 spiro atoms. The zero-order valence-electron chi connectivity index (χ0n) is 10.1. The molecule has 0 unspecified atom stereocenters. The normalized spacial score (nSPS) is 11.7. The fourth-order valence-electron chi connectivity index (χ4n) is 1.64. The zero-order chi connectivity index (χ0) is 13.6. The fourth-order valence-corrected chi connectivity index (χ4v) is 3.07. The van der Waals surface area contributed by atoms with Crippen molar-refractivity contribution in [2.45, 2.75) is 30.6 Å². The molecule has 1 aromatic carbocycles. The molecule has 3 N–H and O–H groups in total. The van der Waals surface area contributed by atoms with Crippen LogP contribution in [0.1, 0.15) is 25.7 Å². The summed E-state index contributed by atoms with van der Waals surface area (Å²) in [6.07, 6.45) is 2.61. The molecule has 0 heterocycles. The van der Waals surface area contributed by atoms with E-state index >= 15 is 0 Å². The minimum Gasteiger partial charge on any atom is -0.399 e. The van der Waals surface area contributed by atoms with E-state index in [4.69, 9.17) is 10.8 Å². The maximum absolute atomic E-state index is 13.5. The van der Waals surface area contributed by atoms with E-state index in [9.17, 15) is 12.8 Å². The second-order valence-corrected chi connectivity index (χ2v) is 6.22. The van der Waals surface area contributed by atoms with Gasteiger partial charge in [-0.25, -0.2) is 12.8 Å². The van der Waals surface area contributed by atoms with Gasteiger partial charge in [0.15, 0.2) is 9.84 Å². The molecule has 1 rings (SSSR count). The second kappa shape index (κ2) is 6.70. The third-order valence-electron chi connectivity index (χ3n) is 2.61. The van der Waals surface area contributed by atoms with Crippen molar-refractivity contribution in [2.24, 2.45) is 0 Å². The van der Waals surface area contributed by atoms with Gasteiger partial charge in [0, 0.05) is 12.3 Å². The van der Waals surface area contributed by atoms with Crippen molar-refractivity contribution in [3.8, 4) is 0 Å². The Balaban J connectivity index is 2.63. The summed E-state index contributed by atoms with van der Waals surface area (Å²) in [5, 5.41) is 8.59. The molecule has 0 aliphatic rings. The Kier molecular flexibility index (Phi) is 5.55. The number of hydrogen-bond acceptors (Lipinski definition) is 4. The SMILES string of the molecule is Nc1ccc(S(=O)(=O)CCCCCCO)c(F)c1. The summed E-state index contributed by atoms with van der Waals surface area (Å²) in [7, 11) is -3.59. The molecule has 102 valence electrons. The summed E-state index contributed by atoms with van der Waals surface area (Å²) in [6, 6.07) is 3.59. The Morgan fingerprint density at radius 2 is 1.83 bits per heavy atom. The quantitative estimate of drug-likeness (QED) is 0.586. The van der Waals surface area contributed by atoms with Crippen LogP contribution in [-0.2, 0) is 9.84 Å². The van der Waals surface area contributed by atoms with Crippen LogP contribution < -0.4 is 5.73 Å². The maximum Gasteiger partial charge on any atom is 0.181 e. The lowest BCUT2D eigenvalue weighted by Crippen LogP contribution is -2.09. The largest absolute Gasteiger partial charge is 0.399 e. The number of aliphatic hydroxyl groups excluding tert-OH is 1. The molecule has 0 fully saturated rings. The number of nitrogen functional groups attached to an aromatic ring is 1. The standard InChI is InChI=1S/C12H18FNO3S/c13-11-9-10(14)5-6-12(11)18(16,17)8-4-2-1-3-7-15/h5-6,9,15H,1-4,7-8,14H2. The van der Waals surface area contributed by atoms with Crippen molar-refractivity contribution in [1.82, 2.24) is 0 Å². The monoisotopic (exact) mass is 275 g/mol. The highest BCUT2D eigenvalue weighted by molar-refractivity contribution is 7.91. The van der Waals surface area contributed by atoms with Gasteiger partial charge in [0.25, 0.3) is 0 Å². The summed E-state index contributed by atoms with van der Waals surface area (Å²) in [6.45, 7) is 0.110. The summed E-state index contributed by atoms with van der Waals surface area (Å²) in [5.41, 5.74) is 5.57. The number of halogens is 1. The molecule has 18 heavy (non-hydrogen) atoms. The van der Waals surface area contributed by atoms with Crippen LogP contribution in [0.5, 0.6) is 0 Å². The first-order chi connectivity index (χ1) is 8.47. The van der Waals surface area contributed by atoms with Crippen molar-refractivity contribution < 1.29 is 17.9 Å². The Morgan fingerprint density at radius 3 is 2.44 bits per heavy atom. The second-order valence-electron chi connectivity index (χ2n) is 4.15. The lowest BCUT2D eigenvalue weighted by molar-refractivity contribution is 0.283.